The summed E-state index contributed by atoms with van der Waals surface area (Å²) in [4.78, 5) is 29.9. The molecule has 23 heavy (non-hydrogen) atoms. The molecule has 0 unspecified atom stereocenters. The van der Waals surface area contributed by atoms with Crippen molar-refractivity contribution in [1.82, 2.24) is 14.8 Å². The number of rotatable bonds is 2. The van der Waals surface area contributed by atoms with Gasteiger partial charge < -0.3 is 9.88 Å². The highest BCUT2D eigenvalue weighted by Gasteiger charge is 2.19. The van der Waals surface area contributed by atoms with Crippen LogP contribution in [-0.4, -0.2) is 27.7 Å². The maximum absolute atomic E-state index is 12.7. The molecule has 0 saturated heterocycles. The average Bonchev–Trinajstić information content (AvgIpc) is 2.93. The van der Waals surface area contributed by atoms with Gasteiger partial charge >= 0.3 is 0 Å². The van der Waals surface area contributed by atoms with Crippen LogP contribution in [0, 0.1) is 13.8 Å². The van der Waals surface area contributed by atoms with Crippen molar-refractivity contribution in [2.75, 3.05) is 11.9 Å². The molecule has 1 aromatic carbocycles. The van der Waals surface area contributed by atoms with E-state index in [0.29, 0.717) is 11.1 Å². The lowest BCUT2D eigenvalue weighted by Gasteiger charge is -2.15. The molecule has 0 saturated carbocycles. The molecule has 0 aliphatic heterocycles. The Kier molecular flexibility index (Phi) is 3.52. The SMILES string of the molecule is Cc1cc(C)c2[nH]cc(C(=O)N(C)c3cnn(C)c3)c(=O)c2c1. The molecule has 118 valence electrons. The van der Waals surface area contributed by atoms with Gasteiger partial charge in [0.25, 0.3) is 5.91 Å². The number of nitrogens with zero attached hydrogens (tertiary/aromatic N) is 3. The zero-order valence-electron chi connectivity index (χ0n) is 13.5. The quantitative estimate of drug-likeness (QED) is 0.788. The fourth-order valence-electron chi connectivity index (χ4n) is 2.73. The van der Waals surface area contributed by atoms with E-state index in [4.69, 9.17) is 0 Å². The Bertz CT molecular complexity index is 968. The number of amides is 1. The van der Waals surface area contributed by atoms with Gasteiger partial charge in [-0.2, -0.15) is 5.10 Å². The van der Waals surface area contributed by atoms with Gasteiger partial charge in [-0.15, -0.1) is 0 Å². The summed E-state index contributed by atoms with van der Waals surface area (Å²) in [6.07, 6.45) is 4.80. The molecule has 3 rings (SSSR count). The highest BCUT2D eigenvalue weighted by atomic mass is 16.2. The highest BCUT2D eigenvalue weighted by molar-refractivity contribution is 6.07. The van der Waals surface area contributed by atoms with Crippen LogP contribution in [0.15, 0.2) is 35.5 Å². The number of anilines is 1. The molecular formula is C17H18N4O2. The second-order valence-electron chi connectivity index (χ2n) is 5.77. The molecule has 6 nitrogen and oxygen atoms in total. The van der Waals surface area contributed by atoms with Crippen molar-refractivity contribution in [3.63, 3.8) is 0 Å². The minimum Gasteiger partial charge on any atom is -0.360 e. The van der Waals surface area contributed by atoms with Gasteiger partial charge in [-0.3, -0.25) is 14.3 Å². The first kappa shape index (κ1) is 15.0. The Labute approximate surface area is 133 Å². The van der Waals surface area contributed by atoms with Crippen LogP contribution in [-0.2, 0) is 7.05 Å². The number of carbonyl (C=O) groups excluding carboxylic acids is 1. The molecule has 3 aromatic rings. The smallest absolute Gasteiger partial charge is 0.263 e. The predicted octanol–water partition coefficient (Wildman–Crippen LogP) is 2.16. The fraction of sp³-hybridized carbons (Fsp3) is 0.235. The maximum atomic E-state index is 12.7. The number of benzene rings is 1. The van der Waals surface area contributed by atoms with Crippen LogP contribution in [0.1, 0.15) is 21.5 Å². The largest absolute Gasteiger partial charge is 0.360 e. The first-order valence-electron chi connectivity index (χ1n) is 7.28. The van der Waals surface area contributed by atoms with Crippen LogP contribution >= 0.6 is 0 Å². The molecule has 2 aromatic heterocycles. The lowest BCUT2D eigenvalue weighted by molar-refractivity contribution is 0.0992. The van der Waals surface area contributed by atoms with Crippen LogP contribution in [0.5, 0.6) is 0 Å². The Morgan fingerprint density at radius 1 is 1.30 bits per heavy atom. The topological polar surface area (TPSA) is 71.0 Å². The van der Waals surface area contributed by atoms with Crippen LogP contribution in [0.3, 0.4) is 0 Å². The molecular weight excluding hydrogens is 292 g/mol. The second kappa shape index (κ2) is 5.39. The number of hydrogen-bond acceptors (Lipinski definition) is 3. The van der Waals surface area contributed by atoms with E-state index in [-0.39, 0.29) is 16.9 Å². The molecule has 2 heterocycles. The number of fused-ring (bicyclic) bond motifs is 1. The minimum atomic E-state index is -0.361. The summed E-state index contributed by atoms with van der Waals surface area (Å²) in [5.74, 6) is -0.361. The fourth-order valence-corrected chi connectivity index (χ4v) is 2.73. The number of hydrogen-bond donors (Lipinski definition) is 1. The van der Waals surface area contributed by atoms with Gasteiger partial charge in [-0.1, -0.05) is 6.07 Å². The lowest BCUT2D eigenvalue weighted by atomic mass is 10.0. The molecule has 6 heteroatoms. The number of carbonyl (C=O) groups is 1. The van der Waals surface area contributed by atoms with Gasteiger partial charge in [-0.05, 0) is 31.0 Å². The average molecular weight is 310 g/mol. The first-order valence-corrected chi connectivity index (χ1v) is 7.28. The highest BCUT2D eigenvalue weighted by Crippen LogP contribution is 2.17. The number of H-pyrrole nitrogens is 1. The third-order valence-corrected chi connectivity index (χ3v) is 3.94. The Morgan fingerprint density at radius 3 is 2.70 bits per heavy atom. The van der Waals surface area contributed by atoms with E-state index < -0.39 is 0 Å². The van der Waals surface area contributed by atoms with Crippen molar-refractivity contribution in [2.45, 2.75) is 13.8 Å². The van der Waals surface area contributed by atoms with Crippen molar-refractivity contribution in [3.05, 3.63) is 57.6 Å². The van der Waals surface area contributed by atoms with Gasteiger partial charge in [-0.25, -0.2) is 0 Å². The van der Waals surface area contributed by atoms with Crippen LogP contribution in [0.4, 0.5) is 5.69 Å². The Hall–Kier alpha value is -2.89. The number of nitrogens with one attached hydrogen (secondary N) is 1. The van der Waals surface area contributed by atoms with Gasteiger partial charge in [0.2, 0.25) is 5.43 Å². The Balaban J connectivity index is 2.11. The Morgan fingerprint density at radius 2 is 2.04 bits per heavy atom. The van der Waals surface area contributed by atoms with Gasteiger partial charge in [0.15, 0.2) is 0 Å². The van der Waals surface area contributed by atoms with E-state index in [1.807, 2.05) is 26.0 Å². The van der Waals surface area contributed by atoms with Gasteiger partial charge in [0.1, 0.15) is 5.56 Å². The first-order chi connectivity index (χ1) is 10.9. The summed E-state index contributed by atoms with van der Waals surface area (Å²) in [5, 5.41) is 4.58. The van der Waals surface area contributed by atoms with E-state index in [2.05, 4.69) is 10.1 Å². The monoisotopic (exact) mass is 310 g/mol. The van der Waals surface area contributed by atoms with Crippen molar-refractivity contribution in [1.29, 1.82) is 0 Å². The summed E-state index contributed by atoms with van der Waals surface area (Å²) < 4.78 is 1.61. The number of aromatic amines is 1. The lowest BCUT2D eigenvalue weighted by Crippen LogP contribution is -2.30. The molecule has 0 fully saturated rings. The number of aromatic nitrogens is 3. The zero-order chi connectivity index (χ0) is 16.7. The molecule has 1 amide bonds. The van der Waals surface area contributed by atoms with E-state index in [1.54, 1.807) is 31.2 Å². The molecule has 0 spiro atoms. The van der Waals surface area contributed by atoms with Crippen LogP contribution in [0.2, 0.25) is 0 Å². The van der Waals surface area contributed by atoms with Crippen LogP contribution in [0.25, 0.3) is 10.9 Å². The number of pyridine rings is 1. The van der Waals surface area contributed by atoms with Crippen molar-refractivity contribution in [2.24, 2.45) is 7.05 Å². The molecule has 0 aliphatic rings. The zero-order valence-corrected chi connectivity index (χ0v) is 13.5. The standard InChI is InChI=1S/C17H18N4O2/c1-10-5-11(2)15-13(6-10)16(22)14(8-18-15)17(23)21(4)12-7-19-20(3)9-12/h5-9H,1-4H3,(H,18,22). The van der Waals surface area contributed by atoms with E-state index in [1.165, 1.54) is 11.1 Å². The predicted molar refractivity (Wildman–Crippen MR) is 90.0 cm³/mol. The van der Waals surface area contributed by atoms with Crippen LogP contribution < -0.4 is 10.3 Å². The van der Waals surface area contributed by atoms with Crippen molar-refractivity contribution < 1.29 is 4.79 Å². The molecule has 0 atom stereocenters. The van der Waals surface area contributed by atoms with Crippen molar-refractivity contribution in [3.8, 4) is 0 Å². The molecule has 0 radical (unpaired) electrons. The van der Waals surface area contributed by atoms with E-state index >= 15 is 0 Å². The molecule has 0 bridgehead atoms. The normalized spacial score (nSPS) is 11.0. The number of aryl methyl sites for hydroxylation is 3. The molecule has 0 aliphatic carbocycles. The van der Waals surface area contributed by atoms with E-state index in [0.717, 1.165) is 16.6 Å². The molecule has 1 N–H and O–H groups in total. The van der Waals surface area contributed by atoms with Gasteiger partial charge in [0, 0.05) is 31.9 Å². The summed E-state index contributed by atoms with van der Waals surface area (Å²) in [5.41, 5.74) is 3.24. The summed E-state index contributed by atoms with van der Waals surface area (Å²) in [6, 6.07) is 3.81. The van der Waals surface area contributed by atoms with Gasteiger partial charge in [0.05, 0.1) is 17.4 Å². The summed E-state index contributed by atoms with van der Waals surface area (Å²) in [7, 11) is 3.40. The summed E-state index contributed by atoms with van der Waals surface area (Å²) in [6.45, 7) is 3.87. The summed E-state index contributed by atoms with van der Waals surface area (Å²) >= 11 is 0. The maximum Gasteiger partial charge on any atom is 0.263 e. The second-order valence-corrected chi connectivity index (χ2v) is 5.77. The minimum absolute atomic E-state index is 0.119. The van der Waals surface area contributed by atoms with Crippen molar-refractivity contribution >= 4 is 22.5 Å². The third kappa shape index (κ3) is 2.52. The van der Waals surface area contributed by atoms with E-state index in [9.17, 15) is 9.59 Å². The third-order valence-electron chi connectivity index (χ3n) is 3.94.